The minimum atomic E-state index is -0.0462. The molecule has 1 aliphatic carbocycles. The molecule has 0 aliphatic heterocycles. The molecular weight excluding hydrogens is 370 g/mol. The Morgan fingerprint density at radius 3 is 2.86 bits per heavy atom. The van der Waals surface area contributed by atoms with Crippen molar-refractivity contribution in [2.45, 2.75) is 40.0 Å². The van der Waals surface area contributed by atoms with Crippen molar-refractivity contribution in [3.05, 3.63) is 39.9 Å². The van der Waals surface area contributed by atoms with E-state index in [2.05, 4.69) is 49.2 Å². The number of thiazole rings is 1. The molecule has 1 heterocycles. The molecule has 5 nitrogen and oxygen atoms in total. The molecule has 28 heavy (non-hydrogen) atoms. The van der Waals surface area contributed by atoms with Crippen LogP contribution in [0.25, 0.3) is 0 Å². The van der Waals surface area contributed by atoms with E-state index < -0.39 is 0 Å². The number of hydrogen-bond donors (Lipinski definition) is 1. The standard InChI is InChI=1S/C22H31N3O2S/c1-14-12-20(27-10-9-25(4)5)16(3)19-13-17(6-7-18(14)19)15(2)21(26)24-22-23-8-11-28-22/h8,11-12,15,17H,6-7,9-10,13H2,1-5H3,(H,23,24,26)/t15-,17+/m0/s1. The highest BCUT2D eigenvalue weighted by Crippen LogP contribution is 2.38. The number of fused-ring (bicyclic) bond motifs is 1. The number of aryl methyl sites for hydroxylation is 1. The van der Waals surface area contributed by atoms with E-state index in [9.17, 15) is 4.79 Å². The van der Waals surface area contributed by atoms with Crippen LogP contribution in [-0.2, 0) is 17.6 Å². The molecule has 6 heteroatoms. The second kappa shape index (κ2) is 9.05. The topological polar surface area (TPSA) is 54.5 Å². The highest BCUT2D eigenvalue weighted by Gasteiger charge is 2.30. The van der Waals surface area contributed by atoms with Crippen molar-refractivity contribution < 1.29 is 9.53 Å². The van der Waals surface area contributed by atoms with E-state index in [0.717, 1.165) is 31.6 Å². The molecule has 0 unspecified atom stereocenters. The zero-order valence-electron chi connectivity index (χ0n) is 17.5. The van der Waals surface area contributed by atoms with E-state index >= 15 is 0 Å². The summed E-state index contributed by atoms with van der Waals surface area (Å²) < 4.78 is 6.08. The largest absolute Gasteiger partial charge is 0.492 e. The Bertz CT molecular complexity index is 818. The first-order chi connectivity index (χ1) is 13.4. The Morgan fingerprint density at radius 2 is 2.18 bits per heavy atom. The van der Waals surface area contributed by atoms with Crippen molar-refractivity contribution in [2.75, 3.05) is 32.6 Å². The van der Waals surface area contributed by atoms with Crippen LogP contribution < -0.4 is 10.1 Å². The van der Waals surface area contributed by atoms with Gasteiger partial charge in [-0.05, 0) is 81.4 Å². The Morgan fingerprint density at radius 1 is 1.39 bits per heavy atom. The summed E-state index contributed by atoms with van der Waals surface area (Å²) >= 11 is 1.46. The van der Waals surface area contributed by atoms with Gasteiger partial charge in [0.2, 0.25) is 5.91 Å². The average Bonchev–Trinajstić information content (AvgIpc) is 3.17. The van der Waals surface area contributed by atoms with Crippen LogP contribution in [-0.4, -0.2) is 43.0 Å². The van der Waals surface area contributed by atoms with Crippen molar-refractivity contribution in [2.24, 2.45) is 11.8 Å². The SMILES string of the molecule is Cc1cc(OCCN(C)C)c(C)c2c1CC[C@@H]([C@H](C)C(=O)Nc1nccs1)C2. The highest BCUT2D eigenvalue weighted by molar-refractivity contribution is 7.13. The number of carbonyl (C=O) groups excluding carboxylic acids is 1. The van der Waals surface area contributed by atoms with Crippen molar-refractivity contribution in [1.29, 1.82) is 0 Å². The molecule has 1 N–H and O–H groups in total. The minimum Gasteiger partial charge on any atom is -0.492 e. The number of likely N-dealkylation sites (N-methyl/N-ethyl adjacent to an activating group) is 1. The normalized spacial score (nSPS) is 17.3. The number of hydrogen-bond acceptors (Lipinski definition) is 5. The molecule has 2 atom stereocenters. The van der Waals surface area contributed by atoms with Crippen LogP contribution in [0.4, 0.5) is 5.13 Å². The number of carbonyl (C=O) groups is 1. The lowest BCUT2D eigenvalue weighted by Gasteiger charge is -2.31. The highest BCUT2D eigenvalue weighted by atomic mass is 32.1. The van der Waals surface area contributed by atoms with Gasteiger partial charge >= 0.3 is 0 Å². The van der Waals surface area contributed by atoms with Crippen LogP contribution >= 0.6 is 11.3 Å². The van der Waals surface area contributed by atoms with E-state index in [1.165, 1.54) is 33.6 Å². The molecule has 152 valence electrons. The molecule has 0 saturated heterocycles. The molecule has 2 aromatic rings. The van der Waals surface area contributed by atoms with Gasteiger partial charge in [0.05, 0.1) is 0 Å². The predicted octanol–water partition coefficient (Wildman–Crippen LogP) is 4.08. The molecule has 0 spiro atoms. The quantitative estimate of drug-likeness (QED) is 0.760. The van der Waals surface area contributed by atoms with Crippen LogP contribution in [0, 0.1) is 25.7 Å². The van der Waals surface area contributed by atoms with Gasteiger partial charge in [0.25, 0.3) is 0 Å². The van der Waals surface area contributed by atoms with E-state index in [0.29, 0.717) is 17.7 Å². The fourth-order valence-corrected chi connectivity index (χ4v) is 4.49. The molecule has 0 fully saturated rings. The fraction of sp³-hybridized carbons (Fsp3) is 0.545. The Labute approximate surface area is 172 Å². The second-order valence-electron chi connectivity index (χ2n) is 8.04. The number of aromatic nitrogens is 1. The third-order valence-corrected chi connectivity index (χ3v) is 6.51. The Hall–Kier alpha value is -1.92. The summed E-state index contributed by atoms with van der Waals surface area (Å²) in [5.74, 6) is 1.34. The van der Waals surface area contributed by atoms with Gasteiger partial charge in [-0.2, -0.15) is 0 Å². The average molecular weight is 402 g/mol. The maximum Gasteiger partial charge on any atom is 0.229 e. The van der Waals surface area contributed by atoms with Crippen molar-refractivity contribution in [3.63, 3.8) is 0 Å². The van der Waals surface area contributed by atoms with Gasteiger partial charge in [-0.1, -0.05) is 6.92 Å². The molecule has 0 bridgehead atoms. The molecule has 1 aliphatic rings. The van der Waals surface area contributed by atoms with Gasteiger partial charge in [-0.3, -0.25) is 4.79 Å². The molecule has 1 aromatic carbocycles. The molecule has 0 saturated carbocycles. The van der Waals surface area contributed by atoms with Crippen LogP contribution in [0.1, 0.15) is 35.6 Å². The zero-order valence-corrected chi connectivity index (χ0v) is 18.4. The van der Waals surface area contributed by atoms with E-state index in [1.54, 1.807) is 6.20 Å². The first-order valence-corrected chi connectivity index (χ1v) is 10.8. The third-order valence-electron chi connectivity index (χ3n) is 5.82. The fourth-order valence-electron chi connectivity index (χ4n) is 3.96. The number of nitrogens with zero attached hydrogens (tertiary/aromatic N) is 2. The number of benzene rings is 1. The van der Waals surface area contributed by atoms with Gasteiger partial charge in [-0.15, -0.1) is 11.3 Å². The van der Waals surface area contributed by atoms with Crippen LogP contribution in [0.3, 0.4) is 0 Å². The van der Waals surface area contributed by atoms with E-state index in [-0.39, 0.29) is 11.8 Å². The minimum absolute atomic E-state index is 0.0462. The van der Waals surface area contributed by atoms with Crippen LogP contribution in [0.5, 0.6) is 5.75 Å². The molecular formula is C22H31N3O2S. The monoisotopic (exact) mass is 401 g/mol. The number of anilines is 1. The smallest absolute Gasteiger partial charge is 0.229 e. The lowest BCUT2D eigenvalue weighted by Crippen LogP contribution is -2.31. The summed E-state index contributed by atoms with van der Waals surface area (Å²) in [6, 6.07) is 2.18. The summed E-state index contributed by atoms with van der Waals surface area (Å²) in [7, 11) is 4.11. The van der Waals surface area contributed by atoms with Crippen molar-refractivity contribution >= 4 is 22.4 Å². The molecule has 1 aromatic heterocycles. The number of amides is 1. The van der Waals surface area contributed by atoms with Gasteiger partial charge in [0.15, 0.2) is 5.13 Å². The molecule has 0 radical (unpaired) electrons. The summed E-state index contributed by atoms with van der Waals surface area (Å²) in [5, 5.41) is 5.51. The predicted molar refractivity (Wildman–Crippen MR) is 115 cm³/mol. The lowest BCUT2D eigenvalue weighted by atomic mass is 9.75. The lowest BCUT2D eigenvalue weighted by molar-refractivity contribution is -0.121. The number of ether oxygens (including phenoxy) is 1. The Kier molecular flexibility index (Phi) is 6.73. The van der Waals surface area contributed by atoms with E-state index in [4.69, 9.17) is 4.74 Å². The third kappa shape index (κ3) is 4.73. The van der Waals surface area contributed by atoms with Gasteiger partial charge in [-0.25, -0.2) is 4.98 Å². The maximum atomic E-state index is 12.7. The van der Waals surface area contributed by atoms with Crippen molar-refractivity contribution in [1.82, 2.24) is 9.88 Å². The number of rotatable bonds is 7. The van der Waals surface area contributed by atoms with Gasteiger partial charge in [0.1, 0.15) is 12.4 Å². The summed E-state index contributed by atoms with van der Waals surface area (Å²) in [6.45, 7) is 7.95. The number of nitrogens with one attached hydrogen (secondary N) is 1. The van der Waals surface area contributed by atoms with Gasteiger partial charge in [0, 0.05) is 24.0 Å². The first-order valence-electron chi connectivity index (χ1n) is 9.96. The van der Waals surface area contributed by atoms with Crippen LogP contribution in [0.2, 0.25) is 0 Å². The Balaban J connectivity index is 1.73. The first kappa shape index (κ1) is 20.8. The van der Waals surface area contributed by atoms with Crippen molar-refractivity contribution in [3.8, 4) is 5.75 Å². The zero-order chi connectivity index (χ0) is 20.3. The summed E-state index contributed by atoms with van der Waals surface area (Å²) in [4.78, 5) is 19.0. The van der Waals surface area contributed by atoms with Gasteiger partial charge < -0.3 is 15.0 Å². The maximum absolute atomic E-state index is 12.7. The van der Waals surface area contributed by atoms with Crippen LogP contribution in [0.15, 0.2) is 17.6 Å². The van der Waals surface area contributed by atoms with E-state index in [1.807, 2.05) is 12.3 Å². The molecule has 3 rings (SSSR count). The summed E-state index contributed by atoms with van der Waals surface area (Å²) in [6.07, 6.45) is 4.71. The second-order valence-corrected chi connectivity index (χ2v) is 8.94. The summed E-state index contributed by atoms with van der Waals surface area (Å²) in [5.41, 5.74) is 5.36. The molecule has 1 amide bonds.